The van der Waals surface area contributed by atoms with E-state index in [-0.39, 0.29) is 6.03 Å². The molecule has 1 N–H and O–H groups in total. The van der Waals surface area contributed by atoms with E-state index in [4.69, 9.17) is 21.3 Å². The highest BCUT2D eigenvalue weighted by molar-refractivity contribution is 7.09. The van der Waals surface area contributed by atoms with Gasteiger partial charge in [-0.1, -0.05) is 29.8 Å². The molecule has 3 aromatic rings. The van der Waals surface area contributed by atoms with Gasteiger partial charge in [-0.2, -0.15) is 4.37 Å². The highest BCUT2D eigenvalue weighted by Crippen LogP contribution is 2.23. The summed E-state index contributed by atoms with van der Waals surface area (Å²) < 4.78 is 9.84. The largest absolute Gasteiger partial charge is 0.497 e. The lowest BCUT2D eigenvalue weighted by molar-refractivity contribution is 0.215. The fraction of sp³-hybridized carbons (Fsp3) is 0.348. The van der Waals surface area contributed by atoms with Gasteiger partial charge in [-0.15, -0.1) is 0 Å². The summed E-state index contributed by atoms with van der Waals surface area (Å²) in [6, 6.07) is 13.4. The van der Waals surface area contributed by atoms with Crippen molar-refractivity contribution in [3.8, 4) is 5.75 Å². The Bertz CT molecular complexity index is 1090. The lowest BCUT2D eigenvalue weighted by Gasteiger charge is -2.22. The highest BCUT2D eigenvalue weighted by atomic mass is 35.5. The van der Waals surface area contributed by atoms with Crippen LogP contribution in [0.25, 0.3) is 0 Å². The molecule has 0 bridgehead atoms. The van der Waals surface area contributed by atoms with Gasteiger partial charge in [0.1, 0.15) is 11.6 Å². The number of carbonyl (C=O) groups excluding carboxylic acids is 1. The van der Waals surface area contributed by atoms with Crippen molar-refractivity contribution in [1.82, 2.24) is 14.3 Å². The first-order valence-electron chi connectivity index (χ1n) is 10.5. The summed E-state index contributed by atoms with van der Waals surface area (Å²) in [7, 11) is 1.66. The zero-order valence-corrected chi connectivity index (χ0v) is 19.7. The molecule has 0 atom stereocenters. The van der Waals surface area contributed by atoms with Crippen molar-refractivity contribution >= 4 is 40.0 Å². The summed E-state index contributed by atoms with van der Waals surface area (Å²) >= 11 is 7.58. The van der Waals surface area contributed by atoms with Gasteiger partial charge < -0.3 is 19.9 Å². The molecule has 1 saturated heterocycles. The van der Waals surface area contributed by atoms with Crippen LogP contribution in [0.3, 0.4) is 0 Å². The van der Waals surface area contributed by atoms with E-state index in [1.54, 1.807) is 13.2 Å². The number of anilines is 2. The van der Waals surface area contributed by atoms with Crippen molar-refractivity contribution in [3.63, 3.8) is 0 Å². The van der Waals surface area contributed by atoms with Crippen molar-refractivity contribution in [2.75, 3.05) is 43.5 Å². The quantitative estimate of drug-likeness (QED) is 0.576. The fourth-order valence-electron chi connectivity index (χ4n) is 3.59. The van der Waals surface area contributed by atoms with E-state index in [9.17, 15) is 4.79 Å². The van der Waals surface area contributed by atoms with Gasteiger partial charge in [0, 0.05) is 54.8 Å². The van der Waals surface area contributed by atoms with E-state index in [2.05, 4.69) is 14.6 Å². The minimum atomic E-state index is -0.109. The van der Waals surface area contributed by atoms with Crippen LogP contribution in [0.5, 0.6) is 5.75 Å². The summed E-state index contributed by atoms with van der Waals surface area (Å²) in [4.78, 5) is 21.5. The van der Waals surface area contributed by atoms with E-state index in [1.165, 1.54) is 11.5 Å². The first-order valence-corrected chi connectivity index (χ1v) is 11.7. The number of benzene rings is 2. The Balaban J connectivity index is 1.35. The van der Waals surface area contributed by atoms with Crippen LogP contribution in [0.4, 0.5) is 15.6 Å². The highest BCUT2D eigenvalue weighted by Gasteiger charge is 2.21. The van der Waals surface area contributed by atoms with Gasteiger partial charge in [0.15, 0.2) is 0 Å². The number of nitrogens with zero attached hydrogens (tertiary/aromatic N) is 4. The molecule has 1 fully saturated rings. The predicted octanol–water partition coefficient (Wildman–Crippen LogP) is 4.84. The first-order chi connectivity index (χ1) is 15.5. The first kappa shape index (κ1) is 22.4. The number of hydrogen-bond acceptors (Lipinski definition) is 6. The third-order valence-electron chi connectivity index (χ3n) is 5.43. The number of urea groups is 1. The molecule has 0 radical (unpaired) electrons. The number of aryl methyl sites for hydroxylation is 1. The lowest BCUT2D eigenvalue weighted by Crippen LogP contribution is -2.38. The van der Waals surface area contributed by atoms with Crippen LogP contribution < -0.4 is 15.0 Å². The zero-order chi connectivity index (χ0) is 22.5. The second kappa shape index (κ2) is 10.2. The number of hydrogen-bond donors (Lipinski definition) is 1. The third kappa shape index (κ3) is 5.49. The van der Waals surface area contributed by atoms with Gasteiger partial charge in [-0.05, 0) is 48.7 Å². The van der Waals surface area contributed by atoms with Crippen LogP contribution in [0, 0.1) is 6.92 Å². The molecule has 0 saturated carbocycles. The van der Waals surface area contributed by atoms with E-state index in [1.807, 2.05) is 48.2 Å². The maximum absolute atomic E-state index is 12.7. The molecule has 9 heteroatoms. The number of ether oxygens (including phenoxy) is 1. The number of nitrogens with one attached hydrogen (secondary N) is 1. The van der Waals surface area contributed by atoms with Gasteiger partial charge in [-0.3, -0.25) is 0 Å². The van der Waals surface area contributed by atoms with Crippen LogP contribution in [0.1, 0.15) is 23.4 Å². The van der Waals surface area contributed by atoms with Gasteiger partial charge >= 0.3 is 6.03 Å². The van der Waals surface area contributed by atoms with Crippen LogP contribution in [-0.4, -0.2) is 53.6 Å². The molecule has 0 spiro atoms. The predicted molar refractivity (Wildman–Crippen MR) is 129 cm³/mol. The van der Waals surface area contributed by atoms with E-state index in [0.29, 0.717) is 30.2 Å². The SMILES string of the molecule is COc1cccc(Cc2nsc(N3CCCN(C(=O)Nc4ccc(C)c(Cl)c4)CC3)n2)c1. The molecule has 1 aliphatic rings. The van der Waals surface area contributed by atoms with Crippen LogP contribution >= 0.6 is 23.1 Å². The van der Waals surface area contributed by atoms with Crippen LogP contribution in [-0.2, 0) is 6.42 Å². The van der Waals surface area contributed by atoms with E-state index >= 15 is 0 Å². The molecule has 2 aromatic carbocycles. The summed E-state index contributed by atoms with van der Waals surface area (Å²) in [5.74, 6) is 1.63. The van der Waals surface area contributed by atoms with Crippen molar-refractivity contribution in [3.05, 3.63) is 64.4 Å². The molecular weight excluding hydrogens is 446 g/mol. The maximum Gasteiger partial charge on any atom is 0.321 e. The maximum atomic E-state index is 12.7. The zero-order valence-electron chi connectivity index (χ0n) is 18.2. The van der Waals surface area contributed by atoms with Crippen molar-refractivity contribution < 1.29 is 9.53 Å². The average Bonchev–Trinajstić information content (AvgIpc) is 3.10. The standard InChI is InChI=1S/C23H26ClN5O2S/c1-16-7-8-18(15-20(16)24)25-22(30)28-9-4-10-29(12-11-28)23-26-21(27-32-23)14-17-5-3-6-19(13-17)31-2/h3,5-8,13,15H,4,9-12,14H2,1-2H3,(H,25,30). The Kier molecular flexibility index (Phi) is 7.12. The second-order valence-corrected chi connectivity index (χ2v) is 8.88. The normalized spacial score (nSPS) is 14.2. The summed E-state index contributed by atoms with van der Waals surface area (Å²) in [5.41, 5.74) is 2.81. The van der Waals surface area contributed by atoms with Crippen LogP contribution in [0.15, 0.2) is 42.5 Å². The van der Waals surface area contributed by atoms with Gasteiger partial charge in [0.05, 0.1) is 7.11 Å². The minimum Gasteiger partial charge on any atom is -0.497 e. The van der Waals surface area contributed by atoms with E-state index < -0.39 is 0 Å². The smallest absolute Gasteiger partial charge is 0.321 e. The Morgan fingerprint density at radius 2 is 2.06 bits per heavy atom. The molecule has 2 amide bonds. The molecule has 32 heavy (non-hydrogen) atoms. The molecule has 4 rings (SSSR count). The van der Waals surface area contributed by atoms with Gasteiger partial charge in [0.25, 0.3) is 0 Å². The molecule has 0 aliphatic carbocycles. The number of methoxy groups -OCH3 is 1. The Morgan fingerprint density at radius 3 is 2.88 bits per heavy atom. The van der Waals surface area contributed by atoms with E-state index in [0.717, 1.165) is 47.3 Å². The van der Waals surface area contributed by atoms with Crippen molar-refractivity contribution in [1.29, 1.82) is 0 Å². The average molecular weight is 472 g/mol. The summed E-state index contributed by atoms with van der Waals surface area (Å²) in [6.45, 7) is 4.81. The summed E-state index contributed by atoms with van der Waals surface area (Å²) in [5, 5.41) is 4.49. The summed E-state index contributed by atoms with van der Waals surface area (Å²) in [6.07, 6.45) is 1.53. The molecule has 1 aromatic heterocycles. The Hall–Kier alpha value is -2.84. The van der Waals surface area contributed by atoms with Gasteiger partial charge in [-0.25, -0.2) is 9.78 Å². The Labute approximate surface area is 197 Å². The van der Waals surface area contributed by atoms with Gasteiger partial charge in [0.2, 0.25) is 5.13 Å². The number of carbonyl (C=O) groups is 1. The number of amides is 2. The molecule has 2 heterocycles. The monoisotopic (exact) mass is 471 g/mol. The molecule has 7 nitrogen and oxygen atoms in total. The Morgan fingerprint density at radius 1 is 1.19 bits per heavy atom. The molecule has 1 aliphatic heterocycles. The lowest BCUT2D eigenvalue weighted by atomic mass is 10.1. The number of aromatic nitrogens is 2. The number of halogens is 1. The minimum absolute atomic E-state index is 0.109. The topological polar surface area (TPSA) is 70.6 Å². The fourth-order valence-corrected chi connectivity index (χ4v) is 4.51. The number of rotatable bonds is 5. The molecular formula is C23H26ClN5O2S. The third-order valence-corrected chi connectivity index (χ3v) is 6.65. The van der Waals surface area contributed by atoms with Crippen molar-refractivity contribution in [2.45, 2.75) is 19.8 Å². The molecule has 168 valence electrons. The van der Waals surface area contributed by atoms with Crippen LogP contribution in [0.2, 0.25) is 5.02 Å². The second-order valence-electron chi connectivity index (χ2n) is 7.74. The molecule has 0 unspecified atom stereocenters. The van der Waals surface area contributed by atoms with Crippen molar-refractivity contribution in [2.24, 2.45) is 0 Å².